The minimum atomic E-state index is 0.517. The Kier molecular flexibility index (Phi) is 6.66. The van der Waals surface area contributed by atoms with Gasteiger partial charge in [0, 0.05) is 26.2 Å². The van der Waals surface area contributed by atoms with Gasteiger partial charge < -0.3 is 15.4 Å². The van der Waals surface area contributed by atoms with Crippen molar-refractivity contribution in [2.24, 2.45) is 0 Å². The molecule has 1 rings (SSSR count). The van der Waals surface area contributed by atoms with E-state index in [9.17, 15) is 0 Å². The number of hydrogen-bond donors (Lipinski definition) is 2. The van der Waals surface area contributed by atoms with E-state index in [0.29, 0.717) is 6.10 Å². The van der Waals surface area contributed by atoms with E-state index in [4.69, 9.17) is 4.74 Å². The second-order valence-electron chi connectivity index (χ2n) is 3.67. The number of hydrogen-bond acceptors (Lipinski definition) is 3. The average molecular weight is 198 g/mol. The standard InChI is InChI=1S/C11H22N2O/c1-2-6-12-8-9-13-7-5-11-4-3-10-14-11/h2,11-13H,1,3-10H2. The van der Waals surface area contributed by atoms with Gasteiger partial charge in [-0.1, -0.05) is 6.08 Å². The van der Waals surface area contributed by atoms with Crippen LogP contribution >= 0.6 is 0 Å². The van der Waals surface area contributed by atoms with Crippen LogP contribution in [0.25, 0.3) is 0 Å². The number of rotatable bonds is 8. The van der Waals surface area contributed by atoms with Crippen LogP contribution in [0.15, 0.2) is 12.7 Å². The van der Waals surface area contributed by atoms with Crippen LogP contribution in [-0.4, -0.2) is 38.9 Å². The number of ether oxygens (including phenoxy) is 1. The molecule has 1 fully saturated rings. The molecule has 0 aromatic rings. The summed E-state index contributed by atoms with van der Waals surface area (Å²) < 4.78 is 5.53. The predicted molar refractivity (Wildman–Crippen MR) is 59.5 cm³/mol. The van der Waals surface area contributed by atoms with Gasteiger partial charge in [0.2, 0.25) is 0 Å². The van der Waals surface area contributed by atoms with Gasteiger partial charge in [0.15, 0.2) is 0 Å². The highest BCUT2D eigenvalue weighted by atomic mass is 16.5. The lowest BCUT2D eigenvalue weighted by Gasteiger charge is -2.09. The Morgan fingerprint density at radius 2 is 2.14 bits per heavy atom. The van der Waals surface area contributed by atoms with Gasteiger partial charge in [-0.05, 0) is 25.8 Å². The van der Waals surface area contributed by atoms with E-state index in [1.165, 1.54) is 12.8 Å². The summed E-state index contributed by atoms with van der Waals surface area (Å²) in [6, 6.07) is 0. The van der Waals surface area contributed by atoms with Gasteiger partial charge in [-0.15, -0.1) is 6.58 Å². The maximum Gasteiger partial charge on any atom is 0.0588 e. The van der Waals surface area contributed by atoms with E-state index in [0.717, 1.165) is 39.2 Å². The van der Waals surface area contributed by atoms with Gasteiger partial charge in [0.05, 0.1) is 6.10 Å². The van der Waals surface area contributed by atoms with Crippen molar-refractivity contribution in [1.82, 2.24) is 10.6 Å². The maximum absolute atomic E-state index is 5.53. The first-order valence-corrected chi connectivity index (χ1v) is 5.57. The Hall–Kier alpha value is -0.380. The first kappa shape index (κ1) is 11.7. The maximum atomic E-state index is 5.53. The van der Waals surface area contributed by atoms with E-state index in [1.54, 1.807) is 0 Å². The Labute approximate surface area is 86.9 Å². The van der Waals surface area contributed by atoms with Gasteiger partial charge in [-0.2, -0.15) is 0 Å². The normalized spacial score (nSPS) is 21.3. The molecule has 1 saturated heterocycles. The van der Waals surface area contributed by atoms with E-state index < -0.39 is 0 Å². The zero-order valence-corrected chi connectivity index (χ0v) is 8.93. The van der Waals surface area contributed by atoms with Crippen molar-refractivity contribution in [3.63, 3.8) is 0 Å². The summed E-state index contributed by atoms with van der Waals surface area (Å²) in [6.45, 7) is 8.62. The monoisotopic (exact) mass is 198 g/mol. The summed E-state index contributed by atoms with van der Waals surface area (Å²) in [4.78, 5) is 0. The minimum absolute atomic E-state index is 0.517. The molecule has 0 amide bonds. The summed E-state index contributed by atoms with van der Waals surface area (Å²) in [6.07, 6.45) is 6.04. The lowest BCUT2D eigenvalue weighted by Crippen LogP contribution is -2.29. The molecule has 3 heteroatoms. The van der Waals surface area contributed by atoms with Crippen LogP contribution in [0.5, 0.6) is 0 Å². The van der Waals surface area contributed by atoms with Gasteiger partial charge in [0.1, 0.15) is 0 Å². The fourth-order valence-corrected chi connectivity index (χ4v) is 1.64. The molecule has 0 radical (unpaired) electrons. The quantitative estimate of drug-likeness (QED) is 0.449. The molecule has 0 bridgehead atoms. The van der Waals surface area contributed by atoms with E-state index in [2.05, 4.69) is 17.2 Å². The zero-order valence-electron chi connectivity index (χ0n) is 8.93. The highest BCUT2D eigenvalue weighted by molar-refractivity contribution is 4.70. The SMILES string of the molecule is C=CCNCCNCCC1CCCO1. The Balaban J connectivity index is 1.77. The van der Waals surface area contributed by atoms with Crippen molar-refractivity contribution in [3.05, 3.63) is 12.7 Å². The van der Waals surface area contributed by atoms with E-state index in [-0.39, 0.29) is 0 Å². The average Bonchev–Trinajstić information content (AvgIpc) is 2.69. The van der Waals surface area contributed by atoms with Crippen LogP contribution in [-0.2, 0) is 4.74 Å². The topological polar surface area (TPSA) is 33.3 Å². The van der Waals surface area contributed by atoms with Crippen LogP contribution in [0.4, 0.5) is 0 Å². The molecule has 0 aromatic heterocycles. The first-order chi connectivity index (χ1) is 6.93. The fraction of sp³-hybridized carbons (Fsp3) is 0.818. The lowest BCUT2D eigenvalue weighted by atomic mass is 10.2. The third-order valence-electron chi connectivity index (χ3n) is 2.43. The second-order valence-corrected chi connectivity index (χ2v) is 3.67. The smallest absolute Gasteiger partial charge is 0.0588 e. The molecule has 0 aliphatic carbocycles. The fourth-order valence-electron chi connectivity index (χ4n) is 1.64. The van der Waals surface area contributed by atoms with Crippen molar-refractivity contribution < 1.29 is 4.74 Å². The molecule has 0 saturated carbocycles. The van der Waals surface area contributed by atoms with Crippen LogP contribution in [0.3, 0.4) is 0 Å². The summed E-state index contributed by atoms with van der Waals surface area (Å²) in [5.74, 6) is 0. The Morgan fingerprint density at radius 1 is 1.29 bits per heavy atom. The molecule has 1 heterocycles. The van der Waals surface area contributed by atoms with Crippen molar-refractivity contribution in [3.8, 4) is 0 Å². The second kappa shape index (κ2) is 7.97. The van der Waals surface area contributed by atoms with Crippen LogP contribution in [0.2, 0.25) is 0 Å². The Morgan fingerprint density at radius 3 is 2.86 bits per heavy atom. The van der Waals surface area contributed by atoms with Gasteiger partial charge >= 0.3 is 0 Å². The van der Waals surface area contributed by atoms with Gasteiger partial charge in [0.25, 0.3) is 0 Å². The molecular formula is C11H22N2O. The molecule has 1 unspecified atom stereocenters. The minimum Gasteiger partial charge on any atom is -0.378 e. The van der Waals surface area contributed by atoms with Crippen molar-refractivity contribution in [2.45, 2.75) is 25.4 Å². The van der Waals surface area contributed by atoms with Crippen molar-refractivity contribution in [2.75, 3.05) is 32.8 Å². The summed E-state index contributed by atoms with van der Waals surface area (Å²) in [7, 11) is 0. The highest BCUT2D eigenvalue weighted by Gasteiger charge is 2.13. The molecule has 0 aromatic carbocycles. The van der Waals surface area contributed by atoms with Crippen LogP contribution in [0, 0.1) is 0 Å². The Bertz CT molecular complexity index is 144. The molecule has 2 N–H and O–H groups in total. The molecule has 1 aliphatic heterocycles. The summed E-state index contributed by atoms with van der Waals surface area (Å²) in [5.41, 5.74) is 0. The van der Waals surface area contributed by atoms with Crippen molar-refractivity contribution in [1.29, 1.82) is 0 Å². The van der Waals surface area contributed by atoms with E-state index in [1.807, 2.05) is 6.08 Å². The number of nitrogens with one attached hydrogen (secondary N) is 2. The third-order valence-corrected chi connectivity index (χ3v) is 2.43. The summed E-state index contributed by atoms with van der Waals surface area (Å²) >= 11 is 0. The van der Waals surface area contributed by atoms with Crippen LogP contribution < -0.4 is 10.6 Å². The van der Waals surface area contributed by atoms with Gasteiger partial charge in [-0.3, -0.25) is 0 Å². The third kappa shape index (κ3) is 5.37. The van der Waals surface area contributed by atoms with Crippen molar-refractivity contribution >= 4 is 0 Å². The predicted octanol–water partition coefficient (Wildman–Crippen LogP) is 0.921. The molecular weight excluding hydrogens is 176 g/mol. The largest absolute Gasteiger partial charge is 0.378 e. The summed E-state index contributed by atoms with van der Waals surface area (Å²) in [5, 5.41) is 6.65. The molecule has 1 atom stereocenters. The van der Waals surface area contributed by atoms with Gasteiger partial charge in [-0.25, -0.2) is 0 Å². The first-order valence-electron chi connectivity index (χ1n) is 5.57. The molecule has 0 spiro atoms. The highest BCUT2D eigenvalue weighted by Crippen LogP contribution is 2.14. The van der Waals surface area contributed by atoms with Crippen LogP contribution in [0.1, 0.15) is 19.3 Å². The zero-order chi connectivity index (χ0) is 10.1. The molecule has 82 valence electrons. The molecule has 14 heavy (non-hydrogen) atoms. The lowest BCUT2D eigenvalue weighted by molar-refractivity contribution is 0.104. The van der Waals surface area contributed by atoms with E-state index >= 15 is 0 Å². The molecule has 3 nitrogen and oxygen atoms in total. The molecule has 1 aliphatic rings.